The van der Waals surface area contributed by atoms with E-state index in [-0.39, 0.29) is 24.0 Å². The maximum absolute atomic E-state index is 11.9. The lowest BCUT2D eigenvalue weighted by atomic mass is 10.0. The minimum Gasteiger partial charge on any atom is -0.457 e. The van der Waals surface area contributed by atoms with E-state index in [0.717, 1.165) is 0 Å². The Labute approximate surface area is 112 Å². The van der Waals surface area contributed by atoms with Crippen LogP contribution in [0.2, 0.25) is 0 Å². The van der Waals surface area contributed by atoms with Crippen molar-refractivity contribution in [2.45, 2.75) is 51.5 Å². The summed E-state index contributed by atoms with van der Waals surface area (Å²) in [6, 6.07) is 0. The Bertz CT molecular complexity index is 424. The summed E-state index contributed by atoms with van der Waals surface area (Å²) in [5.41, 5.74) is 5.63. The van der Waals surface area contributed by atoms with Crippen LogP contribution in [0.4, 0.5) is 0 Å². The first-order valence-corrected chi connectivity index (χ1v) is 6.55. The van der Waals surface area contributed by atoms with E-state index in [2.05, 4.69) is 10.3 Å². The molecule has 0 bridgehead atoms. The smallest absolute Gasteiger partial charge is 0.360 e. The summed E-state index contributed by atoms with van der Waals surface area (Å²) in [6.45, 7) is 4.94. The van der Waals surface area contributed by atoms with Gasteiger partial charge >= 0.3 is 5.97 Å². The number of ether oxygens (including phenoxy) is 2. The summed E-state index contributed by atoms with van der Waals surface area (Å²) in [6.07, 6.45) is 3.08. The Morgan fingerprint density at radius 2 is 2.21 bits per heavy atom. The molecule has 0 aromatic carbocycles. The van der Waals surface area contributed by atoms with Gasteiger partial charge in [-0.1, -0.05) is 5.21 Å². The molecule has 7 nitrogen and oxygen atoms in total. The van der Waals surface area contributed by atoms with Crippen molar-refractivity contribution in [1.82, 2.24) is 15.0 Å². The molecule has 0 aliphatic carbocycles. The first-order valence-electron chi connectivity index (χ1n) is 6.55. The number of nitrogens with two attached hydrogens (primary N) is 1. The normalized spacial score (nSPS) is 27.2. The minimum absolute atomic E-state index is 0.106. The number of hydrogen-bond donors (Lipinski definition) is 1. The Morgan fingerprint density at radius 3 is 2.84 bits per heavy atom. The first kappa shape index (κ1) is 14.0. The van der Waals surface area contributed by atoms with Crippen molar-refractivity contribution >= 4 is 5.97 Å². The number of carbonyl (C=O) groups is 1. The Morgan fingerprint density at radius 1 is 1.53 bits per heavy atom. The molecule has 1 aromatic rings. The van der Waals surface area contributed by atoms with Crippen molar-refractivity contribution in [2.24, 2.45) is 5.73 Å². The summed E-state index contributed by atoms with van der Waals surface area (Å²) in [5.74, 6) is -0.436. The molecule has 2 N–H and O–H groups in total. The number of carbonyl (C=O) groups excluding carboxylic acids is 1. The molecule has 106 valence electrons. The van der Waals surface area contributed by atoms with Gasteiger partial charge in [-0.05, 0) is 13.8 Å². The van der Waals surface area contributed by atoms with E-state index in [1.807, 2.05) is 13.8 Å². The van der Waals surface area contributed by atoms with Crippen molar-refractivity contribution in [3.8, 4) is 0 Å². The molecule has 1 aliphatic rings. The van der Waals surface area contributed by atoms with Crippen LogP contribution in [0.5, 0.6) is 0 Å². The van der Waals surface area contributed by atoms with Crippen LogP contribution in [-0.2, 0) is 16.0 Å². The van der Waals surface area contributed by atoms with Crippen LogP contribution in [0.15, 0.2) is 6.20 Å². The molecule has 2 unspecified atom stereocenters. The fourth-order valence-corrected chi connectivity index (χ4v) is 2.29. The molecule has 2 rings (SSSR count). The molecule has 2 heterocycles. The molecule has 0 radical (unpaired) electrons. The SMILES string of the molecule is CC1CC(OC(=O)c2cn(CCN)nn2)CC(C)O1. The topological polar surface area (TPSA) is 92.3 Å². The number of rotatable bonds is 4. The predicted molar refractivity (Wildman–Crippen MR) is 67.5 cm³/mol. The first-order chi connectivity index (χ1) is 9.08. The van der Waals surface area contributed by atoms with Crippen LogP contribution in [0.25, 0.3) is 0 Å². The molecule has 0 amide bonds. The maximum Gasteiger partial charge on any atom is 0.360 e. The van der Waals surface area contributed by atoms with Crippen LogP contribution in [-0.4, -0.2) is 45.8 Å². The van der Waals surface area contributed by atoms with E-state index in [4.69, 9.17) is 15.2 Å². The number of nitrogens with zero attached hydrogens (tertiary/aromatic N) is 3. The maximum atomic E-state index is 11.9. The van der Waals surface area contributed by atoms with E-state index < -0.39 is 5.97 Å². The van der Waals surface area contributed by atoms with E-state index in [9.17, 15) is 4.79 Å². The second kappa shape index (κ2) is 6.12. The van der Waals surface area contributed by atoms with Gasteiger partial charge in [0, 0.05) is 19.4 Å². The molecule has 0 saturated carbocycles. The van der Waals surface area contributed by atoms with Crippen LogP contribution < -0.4 is 5.73 Å². The molecule has 2 atom stereocenters. The predicted octanol–water partition coefficient (Wildman–Crippen LogP) is 0.350. The Hall–Kier alpha value is -1.47. The van der Waals surface area contributed by atoms with Crippen molar-refractivity contribution < 1.29 is 14.3 Å². The summed E-state index contributed by atoms with van der Waals surface area (Å²) >= 11 is 0. The largest absolute Gasteiger partial charge is 0.457 e. The molecule has 7 heteroatoms. The van der Waals surface area contributed by atoms with Crippen LogP contribution >= 0.6 is 0 Å². The van der Waals surface area contributed by atoms with Gasteiger partial charge in [0.25, 0.3) is 0 Å². The lowest BCUT2D eigenvalue weighted by molar-refractivity contribution is -0.0856. The lowest BCUT2D eigenvalue weighted by Crippen LogP contribution is -2.35. The zero-order valence-corrected chi connectivity index (χ0v) is 11.3. The second-order valence-corrected chi connectivity index (χ2v) is 4.91. The van der Waals surface area contributed by atoms with Crippen LogP contribution in [0, 0.1) is 0 Å². The highest BCUT2D eigenvalue weighted by Crippen LogP contribution is 2.22. The third-order valence-electron chi connectivity index (χ3n) is 3.03. The third-order valence-corrected chi connectivity index (χ3v) is 3.03. The molecule has 1 aliphatic heterocycles. The van der Waals surface area contributed by atoms with Gasteiger partial charge in [0.15, 0.2) is 5.69 Å². The van der Waals surface area contributed by atoms with Gasteiger partial charge in [-0.3, -0.25) is 4.68 Å². The number of hydrogen-bond acceptors (Lipinski definition) is 6. The highest BCUT2D eigenvalue weighted by Gasteiger charge is 2.28. The third kappa shape index (κ3) is 3.74. The van der Waals surface area contributed by atoms with Crippen LogP contribution in [0.3, 0.4) is 0 Å². The van der Waals surface area contributed by atoms with E-state index in [0.29, 0.717) is 25.9 Å². The zero-order chi connectivity index (χ0) is 13.8. The highest BCUT2D eigenvalue weighted by molar-refractivity contribution is 5.86. The number of esters is 1. The average molecular weight is 268 g/mol. The van der Waals surface area contributed by atoms with Crippen molar-refractivity contribution in [2.75, 3.05) is 6.54 Å². The second-order valence-electron chi connectivity index (χ2n) is 4.91. The molecule has 1 aromatic heterocycles. The molecule has 1 saturated heterocycles. The lowest BCUT2D eigenvalue weighted by Gasteiger charge is -2.31. The van der Waals surface area contributed by atoms with Gasteiger partial charge in [0.2, 0.25) is 0 Å². The zero-order valence-electron chi connectivity index (χ0n) is 11.3. The molecule has 1 fully saturated rings. The Kier molecular flexibility index (Phi) is 4.49. The molecular weight excluding hydrogens is 248 g/mol. The summed E-state index contributed by atoms with van der Waals surface area (Å²) in [5, 5.41) is 7.60. The van der Waals surface area contributed by atoms with Gasteiger partial charge in [-0.2, -0.15) is 0 Å². The average Bonchev–Trinajstić information content (AvgIpc) is 2.76. The van der Waals surface area contributed by atoms with Gasteiger partial charge in [-0.25, -0.2) is 4.79 Å². The Balaban J connectivity index is 1.92. The highest BCUT2D eigenvalue weighted by atomic mass is 16.6. The standard InChI is InChI=1S/C12H20N4O3/c1-8-5-10(6-9(2)18-8)19-12(17)11-7-16(4-3-13)15-14-11/h7-10H,3-6,13H2,1-2H3. The van der Waals surface area contributed by atoms with Gasteiger partial charge in [0.1, 0.15) is 6.10 Å². The molecule has 19 heavy (non-hydrogen) atoms. The minimum atomic E-state index is -0.436. The number of aromatic nitrogens is 3. The van der Waals surface area contributed by atoms with Gasteiger partial charge in [-0.15, -0.1) is 5.10 Å². The fourth-order valence-electron chi connectivity index (χ4n) is 2.29. The van der Waals surface area contributed by atoms with Crippen LogP contribution in [0.1, 0.15) is 37.2 Å². The summed E-state index contributed by atoms with van der Waals surface area (Å²) in [7, 11) is 0. The molecule has 0 spiro atoms. The van der Waals surface area contributed by atoms with Gasteiger partial charge < -0.3 is 15.2 Å². The van der Waals surface area contributed by atoms with E-state index >= 15 is 0 Å². The van der Waals surface area contributed by atoms with Gasteiger partial charge in [0.05, 0.1) is 24.9 Å². The van der Waals surface area contributed by atoms with E-state index in [1.54, 1.807) is 6.20 Å². The summed E-state index contributed by atoms with van der Waals surface area (Å²) < 4.78 is 12.6. The van der Waals surface area contributed by atoms with Crippen molar-refractivity contribution in [1.29, 1.82) is 0 Å². The van der Waals surface area contributed by atoms with Crippen molar-refractivity contribution in [3.63, 3.8) is 0 Å². The van der Waals surface area contributed by atoms with E-state index in [1.165, 1.54) is 4.68 Å². The summed E-state index contributed by atoms with van der Waals surface area (Å²) in [4.78, 5) is 11.9. The van der Waals surface area contributed by atoms with Crippen molar-refractivity contribution in [3.05, 3.63) is 11.9 Å². The quantitative estimate of drug-likeness (QED) is 0.792. The monoisotopic (exact) mass is 268 g/mol. The fraction of sp³-hybridized carbons (Fsp3) is 0.750. The molecular formula is C12H20N4O3.